The Morgan fingerprint density at radius 1 is 1.41 bits per heavy atom. The normalized spacial score (nSPS) is 13.1. The number of carbonyl (C=O) groups is 1. The van der Waals surface area contributed by atoms with Gasteiger partial charge in [0.05, 0.1) is 17.1 Å². The van der Waals surface area contributed by atoms with Crippen molar-refractivity contribution in [3.8, 4) is 0 Å². The lowest BCUT2D eigenvalue weighted by molar-refractivity contribution is 0.0526. The highest BCUT2D eigenvalue weighted by atomic mass is 16.6. The number of hydrogen-bond acceptors (Lipinski definition) is 4. The van der Waals surface area contributed by atoms with E-state index in [1.807, 2.05) is 45.0 Å². The van der Waals surface area contributed by atoms with Crippen molar-refractivity contribution >= 4 is 17.1 Å². The molecule has 0 aliphatic rings. The van der Waals surface area contributed by atoms with Crippen LogP contribution >= 0.6 is 0 Å². The highest BCUT2D eigenvalue weighted by molar-refractivity contribution is 5.74. The maximum absolute atomic E-state index is 11.5. The van der Waals surface area contributed by atoms with Gasteiger partial charge in [-0.25, -0.2) is 9.78 Å². The van der Waals surface area contributed by atoms with Gasteiger partial charge in [-0.2, -0.15) is 0 Å². The SMILES string of the molecule is CC(C)(C)OC(=O)NCCCC(N)c1nc2ccccc2[nH]1. The maximum atomic E-state index is 11.5. The molecule has 2 aromatic rings. The lowest BCUT2D eigenvalue weighted by atomic mass is 10.1. The summed E-state index contributed by atoms with van der Waals surface area (Å²) in [6.45, 7) is 6.04. The molecule has 0 bridgehead atoms. The van der Waals surface area contributed by atoms with Crippen molar-refractivity contribution in [1.82, 2.24) is 15.3 Å². The molecule has 0 aliphatic carbocycles. The molecule has 1 unspecified atom stereocenters. The summed E-state index contributed by atoms with van der Waals surface area (Å²) in [6.07, 6.45) is 1.09. The molecule has 1 atom stereocenters. The Kier molecular flexibility index (Phi) is 5.03. The van der Waals surface area contributed by atoms with Gasteiger partial charge in [-0.15, -0.1) is 0 Å². The molecule has 4 N–H and O–H groups in total. The second-order valence-corrected chi connectivity index (χ2v) is 6.32. The zero-order valence-electron chi connectivity index (χ0n) is 13.3. The molecule has 120 valence electrons. The molecule has 2 rings (SSSR count). The first kappa shape index (κ1) is 16.3. The Hall–Kier alpha value is -2.08. The Balaban J connectivity index is 1.76. The topological polar surface area (TPSA) is 93.0 Å². The quantitative estimate of drug-likeness (QED) is 0.740. The van der Waals surface area contributed by atoms with Crippen LogP contribution in [0.4, 0.5) is 4.79 Å². The molecule has 0 saturated heterocycles. The van der Waals surface area contributed by atoms with Crippen LogP contribution in [-0.4, -0.2) is 28.2 Å². The first-order valence-electron chi connectivity index (χ1n) is 7.52. The van der Waals surface area contributed by atoms with E-state index in [1.165, 1.54) is 0 Å². The number of nitrogens with one attached hydrogen (secondary N) is 2. The Morgan fingerprint density at radius 2 is 2.14 bits per heavy atom. The monoisotopic (exact) mass is 304 g/mol. The number of fused-ring (bicyclic) bond motifs is 1. The number of imidazole rings is 1. The van der Waals surface area contributed by atoms with Gasteiger partial charge in [0.15, 0.2) is 0 Å². The molecule has 1 aromatic carbocycles. The summed E-state index contributed by atoms with van der Waals surface area (Å²) >= 11 is 0. The molecule has 1 heterocycles. The zero-order valence-corrected chi connectivity index (χ0v) is 13.3. The smallest absolute Gasteiger partial charge is 0.407 e. The van der Waals surface area contributed by atoms with E-state index >= 15 is 0 Å². The number of hydrogen-bond donors (Lipinski definition) is 3. The fourth-order valence-electron chi connectivity index (χ4n) is 2.11. The van der Waals surface area contributed by atoms with Gasteiger partial charge in [0.2, 0.25) is 0 Å². The number of nitrogens with zero attached hydrogens (tertiary/aromatic N) is 1. The molecule has 6 heteroatoms. The van der Waals surface area contributed by atoms with Gasteiger partial charge in [-0.05, 0) is 45.7 Å². The van der Waals surface area contributed by atoms with Crippen LogP contribution in [0.15, 0.2) is 24.3 Å². The summed E-state index contributed by atoms with van der Waals surface area (Å²) in [7, 11) is 0. The predicted octanol–water partition coefficient (Wildman–Crippen LogP) is 2.87. The van der Waals surface area contributed by atoms with Crippen LogP contribution in [0.1, 0.15) is 45.5 Å². The number of carbonyl (C=O) groups excluding carboxylic acids is 1. The average Bonchev–Trinajstić information content (AvgIpc) is 2.85. The number of para-hydroxylation sites is 2. The van der Waals surface area contributed by atoms with E-state index in [-0.39, 0.29) is 6.04 Å². The number of nitrogens with two attached hydrogens (primary N) is 1. The van der Waals surface area contributed by atoms with E-state index in [9.17, 15) is 4.79 Å². The van der Waals surface area contributed by atoms with Crippen molar-refractivity contribution in [2.45, 2.75) is 45.3 Å². The minimum absolute atomic E-state index is 0.173. The Bertz CT molecular complexity index is 597. The summed E-state index contributed by atoms with van der Waals surface area (Å²) in [6, 6.07) is 7.66. The third kappa shape index (κ3) is 4.73. The minimum Gasteiger partial charge on any atom is -0.444 e. The highest BCUT2D eigenvalue weighted by Crippen LogP contribution is 2.17. The summed E-state index contributed by atoms with van der Waals surface area (Å²) in [4.78, 5) is 19.2. The highest BCUT2D eigenvalue weighted by Gasteiger charge is 2.16. The minimum atomic E-state index is -0.477. The second-order valence-electron chi connectivity index (χ2n) is 6.32. The fourth-order valence-corrected chi connectivity index (χ4v) is 2.11. The summed E-state index contributed by atoms with van der Waals surface area (Å²) < 4.78 is 5.17. The van der Waals surface area contributed by atoms with E-state index in [0.29, 0.717) is 6.54 Å². The number of amides is 1. The van der Waals surface area contributed by atoms with E-state index in [2.05, 4.69) is 15.3 Å². The molecule has 22 heavy (non-hydrogen) atoms. The fraction of sp³-hybridized carbons (Fsp3) is 0.500. The number of aromatic nitrogens is 2. The van der Waals surface area contributed by atoms with Gasteiger partial charge in [-0.3, -0.25) is 0 Å². The van der Waals surface area contributed by atoms with Gasteiger partial charge >= 0.3 is 6.09 Å². The largest absolute Gasteiger partial charge is 0.444 e. The molecule has 6 nitrogen and oxygen atoms in total. The number of ether oxygens (including phenoxy) is 1. The van der Waals surface area contributed by atoms with Gasteiger partial charge < -0.3 is 20.8 Å². The van der Waals surface area contributed by atoms with Crippen LogP contribution in [-0.2, 0) is 4.74 Å². The first-order valence-corrected chi connectivity index (χ1v) is 7.52. The van der Waals surface area contributed by atoms with Crippen molar-refractivity contribution < 1.29 is 9.53 Å². The standard InChI is InChI=1S/C16H24N4O2/c1-16(2,3)22-15(21)18-10-6-7-11(17)14-19-12-8-4-5-9-13(12)20-14/h4-5,8-9,11H,6-7,10,17H2,1-3H3,(H,18,21)(H,19,20). The van der Waals surface area contributed by atoms with Crippen molar-refractivity contribution in [3.63, 3.8) is 0 Å². The molecular weight excluding hydrogens is 280 g/mol. The molecule has 1 amide bonds. The number of aromatic amines is 1. The first-order chi connectivity index (χ1) is 10.3. The van der Waals surface area contributed by atoms with E-state index < -0.39 is 11.7 Å². The van der Waals surface area contributed by atoms with E-state index in [0.717, 1.165) is 29.7 Å². The van der Waals surface area contributed by atoms with Crippen LogP contribution in [0.3, 0.4) is 0 Å². The van der Waals surface area contributed by atoms with Crippen LogP contribution in [0.25, 0.3) is 11.0 Å². The molecule has 0 spiro atoms. The Morgan fingerprint density at radius 3 is 2.82 bits per heavy atom. The predicted molar refractivity (Wildman–Crippen MR) is 86.5 cm³/mol. The van der Waals surface area contributed by atoms with Crippen LogP contribution in [0, 0.1) is 0 Å². The van der Waals surface area contributed by atoms with Crippen molar-refractivity contribution in [2.24, 2.45) is 5.73 Å². The molecule has 0 aliphatic heterocycles. The molecule has 1 aromatic heterocycles. The number of alkyl carbamates (subject to hydrolysis) is 1. The van der Waals surface area contributed by atoms with Gasteiger partial charge in [-0.1, -0.05) is 12.1 Å². The molecule has 0 fully saturated rings. The maximum Gasteiger partial charge on any atom is 0.407 e. The van der Waals surface area contributed by atoms with Crippen LogP contribution in [0.5, 0.6) is 0 Å². The van der Waals surface area contributed by atoms with Crippen molar-refractivity contribution in [3.05, 3.63) is 30.1 Å². The zero-order chi connectivity index (χ0) is 16.2. The molecular formula is C16H24N4O2. The summed E-state index contributed by atoms with van der Waals surface area (Å²) in [5.41, 5.74) is 7.56. The summed E-state index contributed by atoms with van der Waals surface area (Å²) in [5.74, 6) is 0.776. The second kappa shape index (κ2) is 6.79. The lowest BCUT2D eigenvalue weighted by Gasteiger charge is -2.19. The van der Waals surface area contributed by atoms with Gasteiger partial charge in [0.25, 0.3) is 0 Å². The van der Waals surface area contributed by atoms with Crippen molar-refractivity contribution in [1.29, 1.82) is 0 Å². The number of rotatable bonds is 5. The summed E-state index contributed by atoms with van der Waals surface area (Å²) in [5, 5.41) is 2.73. The van der Waals surface area contributed by atoms with Crippen LogP contribution in [0.2, 0.25) is 0 Å². The number of H-pyrrole nitrogens is 1. The lowest BCUT2D eigenvalue weighted by Crippen LogP contribution is -2.33. The van der Waals surface area contributed by atoms with Gasteiger partial charge in [0, 0.05) is 6.54 Å². The number of benzene rings is 1. The molecule has 0 radical (unpaired) electrons. The molecule has 0 saturated carbocycles. The Labute approximate surface area is 130 Å². The van der Waals surface area contributed by atoms with Crippen LogP contribution < -0.4 is 11.1 Å². The van der Waals surface area contributed by atoms with E-state index in [1.54, 1.807) is 0 Å². The van der Waals surface area contributed by atoms with E-state index in [4.69, 9.17) is 10.5 Å². The van der Waals surface area contributed by atoms with Crippen molar-refractivity contribution in [2.75, 3.05) is 6.54 Å². The average molecular weight is 304 g/mol. The third-order valence-corrected chi connectivity index (χ3v) is 3.12. The third-order valence-electron chi connectivity index (χ3n) is 3.12. The van der Waals surface area contributed by atoms with Gasteiger partial charge in [0.1, 0.15) is 11.4 Å².